The maximum absolute atomic E-state index is 10.8. The first-order valence-corrected chi connectivity index (χ1v) is 5.43. The molecule has 0 radical (unpaired) electrons. The standard InChI is InChI=1S/C7H5NO9S/c9-7(10)4-2-1-3-5(8(11)12)6(4)16-17-18(13,14)15/h1-3H,(H,9,10)(H,13,14,15). The molecular formula is C7H5NO9S. The molecule has 1 aromatic carbocycles. The molecule has 0 unspecified atom stereocenters. The van der Waals surface area contributed by atoms with Gasteiger partial charge in [-0.3, -0.25) is 14.7 Å². The predicted molar refractivity (Wildman–Crippen MR) is 53.3 cm³/mol. The Morgan fingerprint density at radius 1 is 1.39 bits per heavy atom. The number of nitrogens with zero attached hydrogens (tertiary/aromatic N) is 1. The van der Waals surface area contributed by atoms with Crippen LogP contribution < -0.4 is 4.89 Å². The molecule has 0 aliphatic heterocycles. The summed E-state index contributed by atoms with van der Waals surface area (Å²) in [5.74, 6) is -2.56. The zero-order valence-electron chi connectivity index (χ0n) is 8.34. The summed E-state index contributed by atoms with van der Waals surface area (Å²) >= 11 is 0. The molecule has 18 heavy (non-hydrogen) atoms. The van der Waals surface area contributed by atoms with Crippen LogP contribution in [0.5, 0.6) is 5.75 Å². The number of aromatic carboxylic acids is 1. The SMILES string of the molecule is O=C(O)c1cccc([N+](=O)[O-])c1OOS(=O)(=O)O. The Bertz CT molecular complexity index is 561. The molecule has 0 aromatic heterocycles. The van der Waals surface area contributed by atoms with E-state index in [1.807, 2.05) is 0 Å². The summed E-state index contributed by atoms with van der Waals surface area (Å²) < 4.78 is 32.2. The topological polar surface area (TPSA) is 153 Å². The summed E-state index contributed by atoms with van der Waals surface area (Å²) in [7, 11) is -5.04. The van der Waals surface area contributed by atoms with Gasteiger partial charge in [0.15, 0.2) is 0 Å². The van der Waals surface area contributed by atoms with Crippen LogP contribution >= 0.6 is 0 Å². The largest absolute Gasteiger partial charge is 0.478 e. The molecule has 0 fully saturated rings. The summed E-state index contributed by atoms with van der Waals surface area (Å²) in [6.07, 6.45) is 0. The minimum atomic E-state index is -5.04. The number of rotatable bonds is 5. The van der Waals surface area contributed by atoms with Crippen LogP contribution in [0.1, 0.15) is 10.4 Å². The Balaban J connectivity index is 3.27. The number of carboxylic acids is 1. The Morgan fingerprint density at radius 3 is 2.44 bits per heavy atom. The molecular weight excluding hydrogens is 274 g/mol. The van der Waals surface area contributed by atoms with E-state index in [0.717, 1.165) is 18.2 Å². The lowest BCUT2D eigenvalue weighted by molar-refractivity contribution is -0.387. The number of para-hydroxylation sites is 1. The van der Waals surface area contributed by atoms with Gasteiger partial charge in [0.2, 0.25) is 0 Å². The van der Waals surface area contributed by atoms with Crippen molar-refractivity contribution in [2.24, 2.45) is 0 Å². The van der Waals surface area contributed by atoms with Crippen LogP contribution in [0, 0.1) is 10.1 Å². The Labute approximate surface area is 99.4 Å². The van der Waals surface area contributed by atoms with Gasteiger partial charge in [-0.15, -0.1) is 0 Å². The molecule has 1 rings (SSSR count). The first-order chi connectivity index (χ1) is 8.22. The second-order valence-corrected chi connectivity index (χ2v) is 3.79. The van der Waals surface area contributed by atoms with Gasteiger partial charge in [0.05, 0.1) is 4.92 Å². The number of carbonyl (C=O) groups is 1. The van der Waals surface area contributed by atoms with Crippen LogP contribution in [0.2, 0.25) is 0 Å². The third-order valence-electron chi connectivity index (χ3n) is 1.62. The molecule has 10 nitrogen and oxygen atoms in total. The highest BCUT2D eigenvalue weighted by Crippen LogP contribution is 2.31. The molecule has 11 heteroatoms. The molecule has 0 aliphatic rings. The van der Waals surface area contributed by atoms with E-state index in [4.69, 9.17) is 9.66 Å². The molecule has 0 amide bonds. The average molecular weight is 279 g/mol. The van der Waals surface area contributed by atoms with Crippen molar-refractivity contribution in [3.63, 3.8) is 0 Å². The van der Waals surface area contributed by atoms with Crippen molar-refractivity contribution in [1.82, 2.24) is 0 Å². The number of hydrogen-bond acceptors (Lipinski definition) is 7. The van der Waals surface area contributed by atoms with E-state index < -0.39 is 38.3 Å². The number of benzene rings is 1. The van der Waals surface area contributed by atoms with Crippen LogP contribution in [0.3, 0.4) is 0 Å². The van der Waals surface area contributed by atoms with Crippen molar-refractivity contribution in [1.29, 1.82) is 0 Å². The van der Waals surface area contributed by atoms with Gasteiger partial charge < -0.3 is 9.99 Å². The van der Waals surface area contributed by atoms with E-state index >= 15 is 0 Å². The van der Waals surface area contributed by atoms with Crippen LogP contribution in [-0.2, 0) is 14.7 Å². The minimum absolute atomic E-state index is 0.701. The molecule has 0 spiro atoms. The van der Waals surface area contributed by atoms with Crippen molar-refractivity contribution in [2.45, 2.75) is 0 Å². The lowest BCUT2D eigenvalue weighted by Crippen LogP contribution is -2.11. The average Bonchev–Trinajstić information content (AvgIpc) is 2.24. The van der Waals surface area contributed by atoms with E-state index in [0.29, 0.717) is 0 Å². The van der Waals surface area contributed by atoms with Gasteiger partial charge in [0.25, 0.3) is 5.75 Å². The molecule has 1 aromatic rings. The summed E-state index contributed by atoms with van der Waals surface area (Å²) in [5, 5.41) is 19.3. The zero-order chi connectivity index (χ0) is 13.9. The highest BCUT2D eigenvalue weighted by Gasteiger charge is 2.25. The van der Waals surface area contributed by atoms with Gasteiger partial charge in [-0.2, -0.15) is 8.42 Å². The number of hydrogen-bond donors (Lipinski definition) is 2. The van der Waals surface area contributed by atoms with E-state index in [2.05, 4.69) is 9.22 Å². The minimum Gasteiger partial charge on any atom is -0.478 e. The Hall–Kier alpha value is -2.24. The van der Waals surface area contributed by atoms with E-state index in [1.165, 1.54) is 0 Å². The van der Waals surface area contributed by atoms with E-state index in [9.17, 15) is 23.3 Å². The van der Waals surface area contributed by atoms with E-state index in [1.54, 1.807) is 0 Å². The van der Waals surface area contributed by atoms with E-state index in [-0.39, 0.29) is 0 Å². The summed E-state index contributed by atoms with van der Waals surface area (Å²) in [5.41, 5.74) is -1.54. The van der Waals surface area contributed by atoms with Crippen LogP contribution in [-0.4, -0.2) is 29.0 Å². The van der Waals surface area contributed by atoms with Crippen molar-refractivity contribution in [3.8, 4) is 5.75 Å². The summed E-state index contributed by atoms with van der Waals surface area (Å²) in [6.45, 7) is 0. The van der Waals surface area contributed by atoms with Gasteiger partial charge in [0, 0.05) is 6.07 Å². The summed E-state index contributed by atoms with van der Waals surface area (Å²) in [4.78, 5) is 24.3. The number of carboxylic acid groups (broad SMARTS) is 1. The molecule has 0 saturated carbocycles. The fraction of sp³-hybridized carbons (Fsp3) is 0. The Kier molecular flexibility index (Phi) is 3.80. The molecule has 0 atom stereocenters. The molecule has 0 bridgehead atoms. The monoisotopic (exact) mass is 279 g/mol. The lowest BCUT2D eigenvalue weighted by atomic mass is 10.2. The fourth-order valence-electron chi connectivity index (χ4n) is 1.00. The smallest absolute Gasteiger partial charge is 0.432 e. The normalized spacial score (nSPS) is 10.9. The second-order valence-electron chi connectivity index (χ2n) is 2.80. The number of nitro benzene ring substituents is 1. The fourth-order valence-corrected chi connectivity index (χ4v) is 1.16. The maximum Gasteiger partial charge on any atom is 0.432 e. The lowest BCUT2D eigenvalue weighted by Gasteiger charge is -2.05. The van der Waals surface area contributed by atoms with Crippen molar-refractivity contribution in [3.05, 3.63) is 33.9 Å². The molecule has 98 valence electrons. The predicted octanol–water partition coefficient (Wildman–Crippen LogP) is 0.406. The quantitative estimate of drug-likeness (QED) is 0.337. The zero-order valence-corrected chi connectivity index (χ0v) is 9.16. The third-order valence-corrected chi connectivity index (χ3v) is 1.86. The molecule has 0 heterocycles. The first-order valence-electron chi connectivity index (χ1n) is 4.06. The van der Waals surface area contributed by atoms with Gasteiger partial charge >= 0.3 is 22.1 Å². The van der Waals surface area contributed by atoms with Gasteiger partial charge in [-0.05, 0) is 10.4 Å². The third kappa shape index (κ3) is 3.38. The highest BCUT2D eigenvalue weighted by molar-refractivity contribution is 7.80. The van der Waals surface area contributed by atoms with Crippen molar-refractivity contribution in [2.75, 3.05) is 0 Å². The maximum atomic E-state index is 10.8. The van der Waals surface area contributed by atoms with Gasteiger partial charge in [0.1, 0.15) is 5.56 Å². The second kappa shape index (κ2) is 4.95. The highest BCUT2D eigenvalue weighted by atomic mass is 32.3. The summed E-state index contributed by atoms with van der Waals surface area (Å²) in [6, 6.07) is 2.86. The molecule has 0 aliphatic carbocycles. The van der Waals surface area contributed by atoms with Gasteiger partial charge in [-0.1, -0.05) is 6.07 Å². The van der Waals surface area contributed by atoms with Gasteiger partial charge in [-0.25, -0.2) is 4.79 Å². The van der Waals surface area contributed by atoms with Crippen LogP contribution in [0.25, 0.3) is 0 Å². The van der Waals surface area contributed by atoms with Crippen molar-refractivity contribution >= 4 is 22.1 Å². The number of nitro groups is 1. The van der Waals surface area contributed by atoms with Crippen LogP contribution in [0.4, 0.5) is 5.69 Å². The first kappa shape index (κ1) is 13.8. The Morgan fingerprint density at radius 2 is 2.00 bits per heavy atom. The molecule has 0 saturated heterocycles. The molecule has 2 N–H and O–H groups in total. The van der Waals surface area contributed by atoms with Crippen LogP contribution in [0.15, 0.2) is 18.2 Å². The van der Waals surface area contributed by atoms with Crippen molar-refractivity contribution < 1.29 is 37.0 Å².